The molecule has 7 heteroatoms. The number of nitrogens with one attached hydrogen (secondary N) is 1. The first kappa shape index (κ1) is 23.2. The van der Waals surface area contributed by atoms with Crippen molar-refractivity contribution in [2.24, 2.45) is 5.41 Å². The fourth-order valence-corrected chi connectivity index (χ4v) is 6.17. The van der Waals surface area contributed by atoms with Crippen LogP contribution < -0.4 is 5.56 Å². The van der Waals surface area contributed by atoms with Crippen LogP contribution in [0.25, 0.3) is 10.9 Å². The van der Waals surface area contributed by atoms with Crippen molar-refractivity contribution in [1.29, 1.82) is 0 Å². The van der Waals surface area contributed by atoms with Gasteiger partial charge in [0.25, 0.3) is 5.56 Å². The van der Waals surface area contributed by atoms with Crippen molar-refractivity contribution in [3.05, 3.63) is 51.6 Å². The van der Waals surface area contributed by atoms with E-state index in [-0.39, 0.29) is 17.1 Å². The summed E-state index contributed by atoms with van der Waals surface area (Å²) in [5.41, 5.74) is 2.86. The average Bonchev–Trinajstić information content (AvgIpc) is 3.31. The number of fused-ring (bicyclic) bond motifs is 1. The zero-order valence-corrected chi connectivity index (χ0v) is 21.1. The molecule has 7 nitrogen and oxygen atoms in total. The number of aromatic nitrogens is 5. The summed E-state index contributed by atoms with van der Waals surface area (Å²) in [5.74, 6) is 0.775. The molecule has 1 saturated carbocycles. The monoisotopic (exact) mass is 462 g/mol. The van der Waals surface area contributed by atoms with E-state index in [0.29, 0.717) is 5.41 Å². The van der Waals surface area contributed by atoms with E-state index in [4.69, 9.17) is 0 Å². The van der Waals surface area contributed by atoms with Crippen molar-refractivity contribution < 1.29 is 0 Å². The van der Waals surface area contributed by atoms with Crippen LogP contribution in [0, 0.1) is 12.3 Å². The second-order valence-electron chi connectivity index (χ2n) is 11.3. The molecule has 1 unspecified atom stereocenters. The molecule has 1 saturated heterocycles. The predicted molar refractivity (Wildman–Crippen MR) is 135 cm³/mol. The third-order valence-corrected chi connectivity index (χ3v) is 8.47. The van der Waals surface area contributed by atoms with Crippen LogP contribution >= 0.6 is 0 Å². The van der Waals surface area contributed by atoms with Crippen LogP contribution in [0.2, 0.25) is 0 Å². The SMILES string of the molecule is CCC(C)(C)n1nnnc1C(c1cc2cc(C)ccc2[nH]c1=O)N1CCCC2(CCCCC2)C1. The van der Waals surface area contributed by atoms with Crippen LogP contribution in [-0.2, 0) is 5.54 Å². The number of likely N-dealkylation sites (tertiary alicyclic amines) is 1. The van der Waals surface area contributed by atoms with Gasteiger partial charge in [0.1, 0.15) is 6.04 Å². The number of nitrogens with zero attached hydrogens (tertiary/aromatic N) is 5. The second-order valence-corrected chi connectivity index (χ2v) is 11.3. The molecule has 0 radical (unpaired) electrons. The van der Waals surface area contributed by atoms with E-state index < -0.39 is 0 Å². The quantitative estimate of drug-likeness (QED) is 0.570. The summed E-state index contributed by atoms with van der Waals surface area (Å²) < 4.78 is 1.96. The van der Waals surface area contributed by atoms with Gasteiger partial charge >= 0.3 is 0 Å². The molecule has 1 spiro atoms. The van der Waals surface area contributed by atoms with E-state index in [1.54, 1.807) is 0 Å². The van der Waals surface area contributed by atoms with Crippen molar-refractivity contribution in [3.8, 4) is 0 Å². The molecule has 3 heterocycles. The van der Waals surface area contributed by atoms with Crippen LogP contribution in [-0.4, -0.2) is 43.2 Å². The van der Waals surface area contributed by atoms with Gasteiger partial charge in [0, 0.05) is 17.6 Å². The maximum atomic E-state index is 13.5. The van der Waals surface area contributed by atoms with E-state index >= 15 is 0 Å². The van der Waals surface area contributed by atoms with Crippen LogP contribution in [0.1, 0.15) is 95.1 Å². The number of tetrazole rings is 1. The van der Waals surface area contributed by atoms with Crippen LogP contribution in [0.4, 0.5) is 0 Å². The fourth-order valence-electron chi connectivity index (χ4n) is 6.17. The summed E-state index contributed by atoms with van der Waals surface area (Å²) in [4.78, 5) is 19.2. The molecule has 1 N–H and O–H groups in total. The van der Waals surface area contributed by atoms with Crippen LogP contribution in [0.3, 0.4) is 0 Å². The van der Waals surface area contributed by atoms with E-state index in [0.717, 1.165) is 48.2 Å². The minimum Gasteiger partial charge on any atom is -0.322 e. The van der Waals surface area contributed by atoms with Gasteiger partial charge in [0.15, 0.2) is 5.82 Å². The van der Waals surface area contributed by atoms with Gasteiger partial charge in [0.2, 0.25) is 0 Å². The van der Waals surface area contributed by atoms with Gasteiger partial charge in [0.05, 0.1) is 5.54 Å². The molecule has 0 amide bonds. The number of aryl methyl sites for hydroxylation is 1. The molecular weight excluding hydrogens is 424 g/mol. The lowest BCUT2D eigenvalue weighted by Gasteiger charge is -2.47. The van der Waals surface area contributed by atoms with Crippen molar-refractivity contribution in [2.45, 2.75) is 90.6 Å². The highest BCUT2D eigenvalue weighted by atomic mass is 16.1. The maximum Gasteiger partial charge on any atom is 0.253 e. The zero-order valence-electron chi connectivity index (χ0n) is 21.1. The molecule has 1 aliphatic heterocycles. The number of pyridine rings is 1. The van der Waals surface area contributed by atoms with E-state index in [2.05, 4.69) is 65.2 Å². The number of piperidine rings is 1. The summed E-state index contributed by atoms with van der Waals surface area (Å²) >= 11 is 0. The first-order valence-electron chi connectivity index (χ1n) is 13.0. The Hall–Kier alpha value is -2.54. The number of aromatic amines is 1. The van der Waals surface area contributed by atoms with Gasteiger partial charge in [-0.3, -0.25) is 9.69 Å². The molecule has 1 aliphatic carbocycles. The fraction of sp³-hybridized carbons (Fsp3) is 0.630. The molecule has 2 aromatic heterocycles. The lowest BCUT2D eigenvalue weighted by Crippen LogP contribution is -2.48. The average molecular weight is 463 g/mol. The number of benzene rings is 1. The summed E-state index contributed by atoms with van der Waals surface area (Å²) in [6.07, 6.45) is 9.88. The smallest absolute Gasteiger partial charge is 0.253 e. The molecule has 3 aromatic rings. The highest BCUT2D eigenvalue weighted by Crippen LogP contribution is 2.45. The van der Waals surface area contributed by atoms with Crippen molar-refractivity contribution in [3.63, 3.8) is 0 Å². The maximum absolute atomic E-state index is 13.5. The number of H-pyrrole nitrogens is 1. The Bertz CT molecular complexity index is 1210. The minimum atomic E-state index is -0.270. The van der Waals surface area contributed by atoms with Gasteiger partial charge in [-0.2, -0.15) is 0 Å². The van der Waals surface area contributed by atoms with Gasteiger partial charge in [-0.1, -0.05) is 37.8 Å². The van der Waals surface area contributed by atoms with E-state index in [9.17, 15) is 4.79 Å². The molecular formula is C27H38N6O. The molecule has 182 valence electrons. The zero-order chi connectivity index (χ0) is 23.9. The Morgan fingerprint density at radius 2 is 1.88 bits per heavy atom. The highest BCUT2D eigenvalue weighted by molar-refractivity contribution is 5.79. The first-order chi connectivity index (χ1) is 16.3. The lowest BCUT2D eigenvalue weighted by molar-refractivity contribution is 0.0326. The first-order valence-corrected chi connectivity index (χ1v) is 13.0. The van der Waals surface area contributed by atoms with Crippen molar-refractivity contribution in [1.82, 2.24) is 30.1 Å². The topological polar surface area (TPSA) is 79.7 Å². The Morgan fingerprint density at radius 3 is 2.65 bits per heavy atom. The summed E-state index contributed by atoms with van der Waals surface area (Å²) in [5, 5.41) is 14.2. The Kier molecular flexibility index (Phi) is 6.09. The Labute approximate surface area is 201 Å². The molecule has 0 bridgehead atoms. The largest absolute Gasteiger partial charge is 0.322 e. The summed E-state index contributed by atoms with van der Waals surface area (Å²) in [6, 6.07) is 7.98. The summed E-state index contributed by atoms with van der Waals surface area (Å²) in [6.45, 7) is 10.5. The van der Waals surface area contributed by atoms with Crippen LogP contribution in [0.5, 0.6) is 0 Å². The second kappa shape index (κ2) is 8.91. The molecule has 2 aliphatic rings. The molecule has 5 rings (SSSR count). The Balaban J connectivity index is 1.66. The number of hydrogen-bond donors (Lipinski definition) is 1. The van der Waals surface area contributed by atoms with Crippen molar-refractivity contribution >= 4 is 10.9 Å². The number of rotatable bonds is 5. The predicted octanol–water partition coefficient (Wildman–Crippen LogP) is 5.10. The van der Waals surface area contributed by atoms with Gasteiger partial charge in [-0.15, -0.1) is 5.10 Å². The van der Waals surface area contributed by atoms with Gasteiger partial charge in [-0.25, -0.2) is 4.68 Å². The van der Waals surface area contributed by atoms with Gasteiger partial charge in [-0.05, 0) is 98.8 Å². The van der Waals surface area contributed by atoms with Crippen molar-refractivity contribution in [2.75, 3.05) is 13.1 Å². The minimum absolute atomic E-state index is 0.0477. The molecule has 34 heavy (non-hydrogen) atoms. The van der Waals surface area contributed by atoms with E-state index in [1.165, 1.54) is 44.1 Å². The third-order valence-electron chi connectivity index (χ3n) is 8.47. The molecule has 1 atom stereocenters. The normalized spacial score (nSPS) is 20.1. The lowest BCUT2D eigenvalue weighted by atomic mass is 9.69. The Morgan fingerprint density at radius 1 is 1.12 bits per heavy atom. The van der Waals surface area contributed by atoms with Gasteiger partial charge < -0.3 is 4.98 Å². The summed E-state index contributed by atoms with van der Waals surface area (Å²) in [7, 11) is 0. The van der Waals surface area contributed by atoms with Crippen LogP contribution in [0.15, 0.2) is 29.1 Å². The third kappa shape index (κ3) is 4.19. The number of hydrogen-bond acceptors (Lipinski definition) is 5. The molecule has 2 fully saturated rings. The standard InChI is InChI=1S/C27H38N6O/c1-5-26(3,4)33-24(29-30-31-33)23(32-15-9-14-27(18-32)12-7-6-8-13-27)21-17-20-16-19(2)10-11-22(20)28-25(21)34/h10-11,16-17,23H,5-9,12-15,18H2,1-4H3,(H,28,34). The molecule has 1 aromatic carbocycles. The highest BCUT2D eigenvalue weighted by Gasteiger charge is 2.42. The van der Waals surface area contributed by atoms with E-state index in [1.807, 2.05) is 16.8 Å².